The second kappa shape index (κ2) is 3.26. The van der Waals surface area contributed by atoms with Crippen molar-refractivity contribution in [1.29, 1.82) is 0 Å². The lowest BCUT2D eigenvalue weighted by Gasteiger charge is -2.39. The van der Waals surface area contributed by atoms with Crippen molar-refractivity contribution < 1.29 is 26.3 Å². The van der Waals surface area contributed by atoms with Crippen LogP contribution in [-0.4, -0.2) is 18.4 Å². The predicted octanol–water partition coefficient (Wildman–Crippen LogP) is 2.55. The third kappa shape index (κ3) is 1.64. The number of hydrogen-bond acceptors (Lipinski definition) is 1. The molecule has 0 saturated carbocycles. The number of hydrogen-bond donors (Lipinski definition) is 1. The molecule has 0 aromatic rings. The summed E-state index contributed by atoms with van der Waals surface area (Å²) in [6, 6.07) is -2.15. The Labute approximate surface area is 81.2 Å². The first kappa shape index (κ1) is 12.1. The molecule has 2 N–H and O–H groups in total. The zero-order chi connectivity index (χ0) is 11.9. The third-order valence-electron chi connectivity index (χ3n) is 2.25. The molecule has 15 heavy (non-hydrogen) atoms. The normalized spacial score (nSPS) is 25.7. The summed E-state index contributed by atoms with van der Waals surface area (Å²) in [7, 11) is 0. The zero-order valence-electron chi connectivity index (χ0n) is 7.23. The van der Waals surface area contributed by atoms with Gasteiger partial charge in [0.05, 0.1) is 0 Å². The highest BCUT2D eigenvalue weighted by atomic mass is 19.4. The second-order valence-electron chi connectivity index (χ2n) is 3.13. The van der Waals surface area contributed by atoms with E-state index in [1.807, 2.05) is 0 Å². The van der Waals surface area contributed by atoms with Crippen LogP contribution >= 0.6 is 0 Å². The van der Waals surface area contributed by atoms with Crippen molar-refractivity contribution >= 4 is 0 Å². The van der Waals surface area contributed by atoms with Gasteiger partial charge < -0.3 is 5.73 Å². The molecule has 1 aliphatic rings. The molecule has 1 atom stereocenters. The number of nitrogens with two attached hydrogens (primary N) is 1. The molecule has 0 amide bonds. The molecular weight excluding hydrogens is 224 g/mol. The van der Waals surface area contributed by atoms with Gasteiger partial charge in [-0.25, -0.2) is 0 Å². The summed E-state index contributed by atoms with van der Waals surface area (Å²) in [6.07, 6.45) is -8.44. The summed E-state index contributed by atoms with van der Waals surface area (Å²) in [6.45, 7) is 0. The SMILES string of the molecule is NC1C=CC=CC1(C(F)(F)F)C(F)(F)F. The summed E-state index contributed by atoms with van der Waals surface area (Å²) in [5.74, 6) is 0. The fourth-order valence-corrected chi connectivity index (χ4v) is 1.38. The van der Waals surface area contributed by atoms with Crippen molar-refractivity contribution in [3.05, 3.63) is 24.3 Å². The minimum atomic E-state index is -5.47. The topological polar surface area (TPSA) is 26.0 Å². The van der Waals surface area contributed by atoms with Gasteiger partial charge in [0.2, 0.25) is 0 Å². The van der Waals surface area contributed by atoms with Crippen LogP contribution < -0.4 is 5.73 Å². The van der Waals surface area contributed by atoms with E-state index < -0.39 is 23.8 Å². The van der Waals surface area contributed by atoms with Gasteiger partial charge in [0.25, 0.3) is 0 Å². The number of rotatable bonds is 0. The Morgan fingerprint density at radius 3 is 1.67 bits per heavy atom. The van der Waals surface area contributed by atoms with Gasteiger partial charge in [-0.1, -0.05) is 24.3 Å². The molecule has 0 bridgehead atoms. The van der Waals surface area contributed by atoms with Crippen LogP contribution in [0, 0.1) is 5.41 Å². The standard InChI is InChI=1S/C8H7F6N/c9-7(10,11)6(8(12,13)14)4-2-1-3-5(6)15/h1-5H,15H2. The maximum Gasteiger partial charge on any atom is 0.408 e. The lowest BCUT2D eigenvalue weighted by Crippen LogP contribution is -2.59. The molecule has 0 spiro atoms. The minimum Gasteiger partial charge on any atom is -0.323 e. The molecule has 0 aromatic carbocycles. The fourth-order valence-electron chi connectivity index (χ4n) is 1.38. The highest BCUT2D eigenvalue weighted by molar-refractivity contribution is 5.27. The first-order valence-corrected chi connectivity index (χ1v) is 3.88. The van der Waals surface area contributed by atoms with Gasteiger partial charge in [0, 0.05) is 6.04 Å². The van der Waals surface area contributed by atoms with E-state index in [4.69, 9.17) is 5.73 Å². The lowest BCUT2D eigenvalue weighted by atomic mass is 9.76. The number of halogens is 6. The largest absolute Gasteiger partial charge is 0.408 e. The van der Waals surface area contributed by atoms with Crippen LogP contribution in [0.25, 0.3) is 0 Å². The van der Waals surface area contributed by atoms with Crippen LogP contribution in [0.3, 0.4) is 0 Å². The Kier molecular flexibility index (Phi) is 2.63. The van der Waals surface area contributed by atoms with Crippen LogP contribution in [0.2, 0.25) is 0 Å². The molecule has 7 heteroatoms. The van der Waals surface area contributed by atoms with E-state index in [1.165, 1.54) is 0 Å². The van der Waals surface area contributed by atoms with Gasteiger partial charge in [-0.05, 0) is 0 Å². The molecule has 86 valence electrons. The molecule has 0 aliphatic heterocycles. The highest BCUT2D eigenvalue weighted by Gasteiger charge is 2.71. The van der Waals surface area contributed by atoms with Crippen LogP contribution in [0.15, 0.2) is 24.3 Å². The van der Waals surface area contributed by atoms with Gasteiger partial charge in [-0.3, -0.25) is 0 Å². The third-order valence-corrected chi connectivity index (χ3v) is 2.25. The van der Waals surface area contributed by atoms with E-state index in [1.54, 1.807) is 0 Å². The predicted molar refractivity (Wildman–Crippen MR) is 40.8 cm³/mol. The van der Waals surface area contributed by atoms with E-state index in [2.05, 4.69) is 0 Å². The van der Waals surface area contributed by atoms with Crippen molar-refractivity contribution in [2.75, 3.05) is 0 Å². The van der Waals surface area contributed by atoms with Gasteiger partial charge in [0.1, 0.15) is 0 Å². The quantitative estimate of drug-likeness (QED) is 0.637. The Balaban J connectivity index is 3.32. The van der Waals surface area contributed by atoms with Crippen molar-refractivity contribution in [3.8, 4) is 0 Å². The fraction of sp³-hybridized carbons (Fsp3) is 0.500. The van der Waals surface area contributed by atoms with Crippen LogP contribution in [-0.2, 0) is 0 Å². The molecule has 0 heterocycles. The van der Waals surface area contributed by atoms with Gasteiger partial charge in [0.15, 0.2) is 5.41 Å². The number of allylic oxidation sites excluding steroid dienone is 2. The summed E-state index contributed by atoms with van der Waals surface area (Å²) in [4.78, 5) is 0. The average Bonchev–Trinajstić information content (AvgIpc) is 2.00. The van der Waals surface area contributed by atoms with E-state index in [9.17, 15) is 26.3 Å². The molecule has 0 saturated heterocycles. The molecule has 1 unspecified atom stereocenters. The number of alkyl halides is 6. The first-order valence-electron chi connectivity index (χ1n) is 3.88. The van der Waals surface area contributed by atoms with E-state index in [0.717, 1.165) is 6.08 Å². The van der Waals surface area contributed by atoms with Crippen molar-refractivity contribution in [3.63, 3.8) is 0 Å². The van der Waals surface area contributed by atoms with Crippen LogP contribution in [0.1, 0.15) is 0 Å². The molecule has 1 aliphatic carbocycles. The van der Waals surface area contributed by atoms with Gasteiger partial charge in [-0.2, -0.15) is 26.3 Å². The zero-order valence-corrected chi connectivity index (χ0v) is 7.23. The molecule has 1 nitrogen and oxygen atoms in total. The molecule has 0 radical (unpaired) electrons. The maximum absolute atomic E-state index is 12.5. The molecule has 0 aromatic heterocycles. The summed E-state index contributed by atoms with van der Waals surface area (Å²) < 4.78 is 74.7. The smallest absolute Gasteiger partial charge is 0.323 e. The maximum atomic E-state index is 12.5. The van der Waals surface area contributed by atoms with Crippen LogP contribution in [0.4, 0.5) is 26.3 Å². The van der Waals surface area contributed by atoms with Gasteiger partial charge >= 0.3 is 12.4 Å². The molecular formula is C8H7F6N. The van der Waals surface area contributed by atoms with Crippen LogP contribution in [0.5, 0.6) is 0 Å². The minimum absolute atomic E-state index is 0.0532. The molecule has 0 fully saturated rings. The van der Waals surface area contributed by atoms with E-state index >= 15 is 0 Å². The first-order chi connectivity index (χ1) is 6.63. The highest BCUT2D eigenvalue weighted by Crippen LogP contribution is 2.54. The Morgan fingerprint density at radius 1 is 0.933 bits per heavy atom. The Hall–Kier alpha value is -0.980. The summed E-state index contributed by atoms with van der Waals surface area (Å²) in [5.41, 5.74) is 0.931. The van der Waals surface area contributed by atoms with Crippen molar-refractivity contribution in [2.45, 2.75) is 18.4 Å². The lowest BCUT2D eigenvalue weighted by molar-refractivity contribution is -0.324. The van der Waals surface area contributed by atoms with E-state index in [-0.39, 0.29) is 6.08 Å². The Bertz CT molecular complexity index is 283. The summed E-state index contributed by atoms with van der Waals surface area (Å²) >= 11 is 0. The summed E-state index contributed by atoms with van der Waals surface area (Å²) in [5, 5.41) is 0. The van der Waals surface area contributed by atoms with Crippen molar-refractivity contribution in [1.82, 2.24) is 0 Å². The second-order valence-corrected chi connectivity index (χ2v) is 3.13. The van der Waals surface area contributed by atoms with E-state index in [0.29, 0.717) is 12.2 Å². The van der Waals surface area contributed by atoms with Crippen molar-refractivity contribution in [2.24, 2.45) is 11.1 Å². The average molecular weight is 231 g/mol. The monoisotopic (exact) mass is 231 g/mol. The Morgan fingerprint density at radius 2 is 1.40 bits per heavy atom. The molecule has 1 rings (SSSR count). The van der Waals surface area contributed by atoms with Gasteiger partial charge in [-0.15, -0.1) is 0 Å².